The van der Waals surface area contributed by atoms with Gasteiger partial charge in [-0.25, -0.2) is 8.42 Å². The molecule has 1 fully saturated rings. The van der Waals surface area contributed by atoms with Gasteiger partial charge in [0.2, 0.25) is 10.0 Å². The number of carbonyl (C=O) groups is 1. The summed E-state index contributed by atoms with van der Waals surface area (Å²) < 4.78 is 25.3. The van der Waals surface area contributed by atoms with Crippen molar-refractivity contribution in [2.45, 2.75) is 6.42 Å². The number of sulfonamides is 1. The minimum Gasteiger partial charge on any atom is -0.322 e. The molecule has 1 saturated heterocycles. The predicted octanol–water partition coefficient (Wildman–Crippen LogP) is 3.04. The Morgan fingerprint density at radius 2 is 2.00 bits per heavy atom. The molecule has 3 rings (SSSR count). The average Bonchev–Trinajstić information content (AvgIpc) is 2.95. The van der Waals surface area contributed by atoms with Crippen molar-refractivity contribution in [1.82, 2.24) is 0 Å². The molecular formula is C16H14ClN3O5S. The summed E-state index contributed by atoms with van der Waals surface area (Å²) in [5.74, 6) is -0.433. The lowest BCUT2D eigenvalue weighted by Crippen LogP contribution is -2.25. The lowest BCUT2D eigenvalue weighted by atomic mass is 10.1. The fourth-order valence-corrected chi connectivity index (χ4v) is 4.41. The molecule has 0 unspecified atom stereocenters. The van der Waals surface area contributed by atoms with E-state index in [4.69, 9.17) is 11.6 Å². The Hall–Kier alpha value is -2.65. The van der Waals surface area contributed by atoms with E-state index in [-0.39, 0.29) is 27.7 Å². The minimum atomic E-state index is -3.35. The Balaban J connectivity index is 1.84. The molecule has 0 aliphatic carbocycles. The maximum Gasteiger partial charge on any atom is 0.289 e. The van der Waals surface area contributed by atoms with Gasteiger partial charge in [0.15, 0.2) is 0 Å². The second-order valence-corrected chi connectivity index (χ2v) is 8.09. The van der Waals surface area contributed by atoms with Crippen molar-refractivity contribution in [3.8, 4) is 0 Å². The molecule has 1 amide bonds. The van der Waals surface area contributed by atoms with E-state index in [9.17, 15) is 23.3 Å². The highest BCUT2D eigenvalue weighted by Crippen LogP contribution is 2.28. The highest BCUT2D eigenvalue weighted by molar-refractivity contribution is 7.93. The van der Waals surface area contributed by atoms with Gasteiger partial charge in [0.1, 0.15) is 5.02 Å². The molecule has 1 aliphatic heterocycles. The Morgan fingerprint density at radius 3 is 2.65 bits per heavy atom. The fourth-order valence-electron chi connectivity index (χ4n) is 2.67. The standard InChI is InChI=1S/C16H14ClN3O5S/c17-14-6-5-12(10-15(14)20(22)23)18-16(21)11-3-1-4-13(9-11)19-7-2-8-26(19,24)25/h1,3-6,9-10H,2,7-8H2,(H,18,21). The molecule has 1 aliphatic rings. The highest BCUT2D eigenvalue weighted by Gasteiger charge is 2.28. The Kier molecular flexibility index (Phi) is 4.84. The third-order valence-electron chi connectivity index (χ3n) is 3.90. The second-order valence-electron chi connectivity index (χ2n) is 5.67. The van der Waals surface area contributed by atoms with E-state index in [2.05, 4.69) is 5.32 Å². The van der Waals surface area contributed by atoms with Gasteiger partial charge in [0.25, 0.3) is 11.6 Å². The molecule has 26 heavy (non-hydrogen) atoms. The monoisotopic (exact) mass is 395 g/mol. The summed E-state index contributed by atoms with van der Waals surface area (Å²) in [6, 6.07) is 10.1. The topological polar surface area (TPSA) is 110 Å². The summed E-state index contributed by atoms with van der Waals surface area (Å²) in [4.78, 5) is 22.7. The van der Waals surface area contributed by atoms with Crippen LogP contribution in [0.2, 0.25) is 5.02 Å². The summed E-state index contributed by atoms with van der Waals surface area (Å²) in [5.41, 5.74) is 0.547. The highest BCUT2D eigenvalue weighted by atomic mass is 35.5. The van der Waals surface area contributed by atoms with Crippen molar-refractivity contribution in [3.05, 3.63) is 63.2 Å². The number of hydrogen-bond acceptors (Lipinski definition) is 5. The van der Waals surface area contributed by atoms with Crippen LogP contribution in [0.3, 0.4) is 0 Å². The number of nitrogens with zero attached hydrogens (tertiary/aromatic N) is 2. The lowest BCUT2D eigenvalue weighted by Gasteiger charge is -2.17. The van der Waals surface area contributed by atoms with Crippen LogP contribution in [-0.2, 0) is 10.0 Å². The number of nitro groups is 1. The van der Waals surface area contributed by atoms with Crippen LogP contribution in [0.1, 0.15) is 16.8 Å². The van der Waals surface area contributed by atoms with Crippen LogP contribution in [0.15, 0.2) is 42.5 Å². The molecule has 8 nitrogen and oxygen atoms in total. The molecule has 2 aromatic rings. The molecule has 1 heterocycles. The number of carbonyl (C=O) groups excluding carboxylic acids is 1. The van der Waals surface area contributed by atoms with Crippen molar-refractivity contribution >= 4 is 44.6 Å². The molecule has 10 heteroatoms. The lowest BCUT2D eigenvalue weighted by molar-refractivity contribution is -0.384. The van der Waals surface area contributed by atoms with Gasteiger partial charge in [-0.05, 0) is 36.8 Å². The largest absolute Gasteiger partial charge is 0.322 e. The first-order valence-electron chi connectivity index (χ1n) is 7.64. The van der Waals surface area contributed by atoms with E-state index in [1.807, 2.05) is 0 Å². The zero-order valence-corrected chi connectivity index (χ0v) is 15.0. The Morgan fingerprint density at radius 1 is 1.23 bits per heavy atom. The molecule has 0 atom stereocenters. The summed E-state index contributed by atoms with van der Waals surface area (Å²) in [7, 11) is -3.35. The quantitative estimate of drug-likeness (QED) is 0.632. The molecular weight excluding hydrogens is 382 g/mol. The molecule has 136 valence electrons. The summed E-state index contributed by atoms with van der Waals surface area (Å²) in [6.45, 7) is 0.372. The summed E-state index contributed by atoms with van der Waals surface area (Å²) in [5, 5.41) is 13.4. The number of hydrogen-bond donors (Lipinski definition) is 1. The van der Waals surface area contributed by atoms with Crippen LogP contribution in [-0.4, -0.2) is 31.5 Å². The molecule has 0 saturated carbocycles. The van der Waals surface area contributed by atoms with Crippen LogP contribution in [0.5, 0.6) is 0 Å². The number of anilines is 2. The van der Waals surface area contributed by atoms with E-state index >= 15 is 0 Å². The van der Waals surface area contributed by atoms with Gasteiger partial charge in [-0.2, -0.15) is 0 Å². The van der Waals surface area contributed by atoms with Gasteiger partial charge in [-0.1, -0.05) is 17.7 Å². The van der Waals surface area contributed by atoms with Crippen molar-refractivity contribution in [2.75, 3.05) is 21.9 Å². The van der Waals surface area contributed by atoms with E-state index < -0.39 is 20.9 Å². The summed E-state index contributed by atoms with van der Waals surface area (Å²) >= 11 is 5.75. The van der Waals surface area contributed by atoms with Crippen LogP contribution < -0.4 is 9.62 Å². The maximum atomic E-state index is 12.4. The van der Waals surface area contributed by atoms with Gasteiger partial charge in [-0.15, -0.1) is 0 Å². The average molecular weight is 396 g/mol. The molecule has 1 N–H and O–H groups in total. The molecule has 0 spiro atoms. The van der Waals surface area contributed by atoms with Crippen LogP contribution in [0, 0.1) is 10.1 Å². The summed E-state index contributed by atoms with van der Waals surface area (Å²) in [6.07, 6.45) is 0.535. The maximum absolute atomic E-state index is 12.4. The number of amides is 1. The molecule has 2 aromatic carbocycles. The van der Waals surface area contributed by atoms with Crippen molar-refractivity contribution in [2.24, 2.45) is 0 Å². The first kappa shape index (κ1) is 18.2. The van der Waals surface area contributed by atoms with Gasteiger partial charge >= 0.3 is 0 Å². The van der Waals surface area contributed by atoms with Crippen molar-refractivity contribution in [1.29, 1.82) is 0 Å². The normalized spacial score (nSPS) is 15.7. The number of benzene rings is 2. The van der Waals surface area contributed by atoms with E-state index in [0.717, 1.165) is 6.07 Å². The Labute approximate surface area is 154 Å². The van der Waals surface area contributed by atoms with Gasteiger partial charge in [0, 0.05) is 23.9 Å². The number of nitrogens with one attached hydrogen (secondary N) is 1. The van der Waals surface area contributed by atoms with E-state index in [1.54, 1.807) is 12.1 Å². The van der Waals surface area contributed by atoms with Crippen LogP contribution >= 0.6 is 11.6 Å². The first-order chi connectivity index (χ1) is 12.3. The third-order valence-corrected chi connectivity index (χ3v) is 6.09. The second kappa shape index (κ2) is 6.93. The smallest absolute Gasteiger partial charge is 0.289 e. The fraction of sp³-hybridized carbons (Fsp3) is 0.188. The van der Waals surface area contributed by atoms with Crippen LogP contribution in [0.25, 0.3) is 0 Å². The van der Waals surface area contributed by atoms with Gasteiger partial charge in [0.05, 0.1) is 16.4 Å². The number of rotatable bonds is 4. The third kappa shape index (κ3) is 3.63. The first-order valence-corrected chi connectivity index (χ1v) is 9.62. The predicted molar refractivity (Wildman–Crippen MR) is 98.3 cm³/mol. The number of nitro benzene ring substituents is 1. The zero-order chi connectivity index (χ0) is 18.9. The van der Waals surface area contributed by atoms with Crippen molar-refractivity contribution < 1.29 is 18.1 Å². The molecule has 0 radical (unpaired) electrons. The Bertz CT molecular complexity index is 993. The minimum absolute atomic E-state index is 0.0331. The van der Waals surface area contributed by atoms with E-state index in [0.29, 0.717) is 18.7 Å². The van der Waals surface area contributed by atoms with Gasteiger partial charge < -0.3 is 5.32 Å². The van der Waals surface area contributed by atoms with E-state index in [1.165, 1.54) is 28.6 Å². The van der Waals surface area contributed by atoms with Gasteiger partial charge in [-0.3, -0.25) is 19.2 Å². The van der Waals surface area contributed by atoms with Crippen molar-refractivity contribution in [3.63, 3.8) is 0 Å². The van der Waals surface area contributed by atoms with Crippen LogP contribution in [0.4, 0.5) is 17.1 Å². The SMILES string of the molecule is O=C(Nc1ccc(Cl)c([N+](=O)[O-])c1)c1cccc(N2CCCS2(=O)=O)c1. The molecule has 0 aromatic heterocycles. The molecule has 0 bridgehead atoms. The zero-order valence-electron chi connectivity index (χ0n) is 13.4. The number of halogens is 1.